The molecule has 0 radical (unpaired) electrons. The van der Waals surface area contributed by atoms with Gasteiger partial charge < -0.3 is 5.32 Å². The number of rotatable bonds is 2. The lowest BCUT2D eigenvalue weighted by molar-refractivity contribution is 0.610. The number of halogens is 1. The van der Waals surface area contributed by atoms with Crippen molar-refractivity contribution in [1.82, 2.24) is 0 Å². The van der Waals surface area contributed by atoms with E-state index in [9.17, 15) is 8.42 Å². The van der Waals surface area contributed by atoms with Crippen LogP contribution in [0.2, 0.25) is 0 Å². The SMILES string of the molecule is CNc1cccc2c(S(=O)(=O)Cl)cccc12. The van der Waals surface area contributed by atoms with Crippen molar-refractivity contribution >= 4 is 36.2 Å². The molecule has 0 unspecified atom stereocenters. The minimum Gasteiger partial charge on any atom is -0.388 e. The smallest absolute Gasteiger partial charge is 0.261 e. The molecule has 5 heteroatoms. The number of benzene rings is 2. The van der Waals surface area contributed by atoms with Gasteiger partial charge in [0.1, 0.15) is 0 Å². The van der Waals surface area contributed by atoms with Crippen molar-refractivity contribution in [3.05, 3.63) is 36.4 Å². The number of nitrogens with one attached hydrogen (secondary N) is 1. The topological polar surface area (TPSA) is 46.2 Å². The van der Waals surface area contributed by atoms with Crippen molar-refractivity contribution in [2.24, 2.45) is 0 Å². The molecule has 84 valence electrons. The Balaban J connectivity index is 2.90. The van der Waals surface area contributed by atoms with E-state index in [1.807, 2.05) is 12.1 Å². The van der Waals surface area contributed by atoms with Gasteiger partial charge in [0.25, 0.3) is 9.05 Å². The maximum atomic E-state index is 11.4. The Labute approximate surface area is 98.5 Å². The van der Waals surface area contributed by atoms with Crippen LogP contribution in [-0.2, 0) is 9.05 Å². The Morgan fingerprint density at radius 1 is 1.06 bits per heavy atom. The fourth-order valence-corrected chi connectivity index (χ4v) is 2.80. The maximum absolute atomic E-state index is 11.4. The van der Waals surface area contributed by atoms with Crippen LogP contribution in [0.4, 0.5) is 5.69 Å². The van der Waals surface area contributed by atoms with Gasteiger partial charge in [-0.1, -0.05) is 24.3 Å². The van der Waals surface area contributed by atoms with E-state index in [1.165, 1.54) is 6.07 Å². The van der Waals surface area contributed by atoms with Gasteiger partial charge in [0.15, 0.2) is 0 Å². The zero-order chi connectivity index (χ0) is 11.8. The van der Waals surface area contributed by atoms with Crippen molar-refractivity contribution in [1.29, 1.82) is 0 Å². The first kappa shape index (κ1) is 11.2. The summed E-state index contributed by atoms with van der Waals surface area (Å²) in [6.07, 6.45) is 0. The Morgan fingerprint density at radius 2 is 1.69 bits per heavy atom. The van der Waals surface area contributed by atoms with Crippen molar-refractivity contribution in [3.8, 4) is 0 Å². The number of anilines is 1. The molecule has 0 aromatic heterocycles. The van der Waals surface area contributed by atoms with Crippen molar-refractivity contribution in [2.45, 2.75) is 4.90 Å². The van der Waals surface area contributed by atoms with Gasteiger partial charge in [0.2, 0.25) is 0 Å². The number of fused-ring (bicyclic) bond motifs is 1. The molecule has 0 aliphatic heterocycles. The molecule has 0 heterocycles. The summed E-state index contributed by atoms with van der Waals surface area (Å²) >= 11 is 0. The first-order valence-corrected chi connectivity index (χ1v) is 6.99. The zero-order valence-corrected chi connectivity index (χ0v) is 10.1. The predicted molar refractivity (Wildman–Crippen MR) is 66.5 cm³/mol. The van der Waals surface area contributed by atoms with Crippen LogP contribution in [0.3, 0.4) is 0 Å². The Bertz CT molecular complexity index is 637. The second kappa shape index (κ2) is 3.96. The van der Waals surface area contributed by atoms with E-state index in [0.717, 1.165) is 11.1 Å². The van der Waals surface area contributed by atoms with Crippen LogP contribution in [-0.4, -0.2) is 15.5 Å². The van der Waals surface area contributed by atoms with Gasteiger partial charge in [-0.25, -0.2) is 8.42 Å². The number of hydrogen-bond donors (Lipinski definition) is 1. The second-order valence-electron chi connectivity index (χ2n) is 3.34. The van der Waals surface area contributed by atoms with Crippen molar-refractivity contribution in [2.75, 3.05) is 12.4 Å². The van der Waals surface area contributed by atoms with Gasteiger partial charge in [-0.2, -0.15) is 0 Å². The van der Waals surface area contributed by atoms with E-state index in [2.05, 4.69) is 5.32 Å². The third-order valence-corrected chi connectivity index (χ3v) is 3.79. The summed E-state index contributed by atoms with van der Waals surface area (Å²) in [5, 5.41) is 4.48. The van der Waals surface area contributed by atoms with Gasteiger partial charge in [0.05, 0.1) is 4.90 Å². The van der Waals surface area contributed by atoms with E-state index in [-0.39, 0.29) is 4.90 Å². The average Bonchev–Trinajstić information content (AvgIpc) is 2.26. The molecule has 2 aromatic carbocycles. The minimum absolute atomic E-state index is 0.142. The highest BCUT2D eigenvalue weighted by Crippen LogP contribution is 2.29. The minimum atomic E-state index is -3.71. The molecule has 0 saturated heterocycles. The molecule has 3 nitrogen and oxygen atoms in total. The van der Waals surface area contributed by atoms with E-state index >= 15 is 0 Å². The molecule has 0 atom stereocenters. The highest BCUT2D eigenvalue weighted by Gasteiger charge is 2.14. The van der Waals surface area contributed by atoms with E-state index in [4.69, 9.17) is 10.7 Å². The molecule has 0 aliphatic carbocycles. The van der Waals surface area contributed by atoms with Gasteiger partial charge >= 0.3 is 0 Å². The summed E-state index contributed by atoms with van der Waals surface area (Å²) in [6, 6.07) is 10.5. The quantitative estimate of drug-likeness (QED) is 0.840. The van der Waals surface area contributed by atoms with Crippen LogP contribution in [0.1, 0.15) is 0 Å². The molecule has 0 aliphatic rings. The number of hydrogen-bond acceptors (Lipinski definition) is 3. The largest absolute Gasteiger partial charge is 0.388 e. The van der Waals surface area contributed by atoms with Crippen LogP contribution in [0.15, 0.2) is 41.3 Å². The van der Waals surface area contributed by atoms with Crippen LogP contribution >= 0.6 is 10.7 Å². The summed E-state index contributed by atoms with van der Waals surface area (Å²) in [7, 11) is 3.46. The Kier molecular flexibility index (Phi) is 2.78. The highest BCUT2D eigenvalue weighted by atomic mass is 35.7. The molecule has 2 rings (SSSR count). The van der Waals surface area contributed by atoms with Gasteiger partial charge in [-0.3, -0.25) is 0 Å². The summed E-state index contributed by atoms with van der Waals surface area (Å²) in [5.74, 6) is 0. The standard InChI is InChI=1S/C11H10ClNO2S/c1-13-10-6-2-5-9-8(10)4-3-7-11(9)16(12,14)15/h2-7,13H,1H3. The van der Waals surface area contributed by atoms with E-state index in [1.54, 1.807) is 25.2 Å². The van der Waals surface area contributed by atoms with Crippen LogP contribution in [0.25, 0.3) is 10.8 Å². The summed E-state index contributed by atoms with van der Waals surface area (Å²) in [5.41, 5.74) is 0.875. The third-order valence-electron chi connectivity index (χ3n) is 2.41. The lowest BCUT2D eigenvalue weighted by atomic mass is 10.1. The average molecular weight is 256 g/mol. The van der Waals surface area contributed by atoms with Gasteiger partial charge in [-0.15, -0.1) is 0 Å². The zero-order valence-electron chi connectivity index (χ0n) is 8.57. The first-order chi connectivity index (χ1) is 7.54. The molecule has 0 amide bonds. The molecule has 0 bridgehead atoms. The molecular formula is C11H10ClNO2S. The molecule has 0 fully saturated rings. The molecule has 0 spiro atoms. The lowest BCUT2D eigenvalue weighted by Crippen LogP contribution is -1.94. The summed E-state index contributed by atoms with van der Waals surface area (Å²) in [4.78, 5) is 0.142. The predicted octanol–water partition coefficient (Wildman–Crippen LogP) is 2.81. The molecule has 2 aromatic rings. The Hall–Kier alpha value is -1.26. The van der Waals surface area contributed by atoms with E-state index < -0.39 is 9.05 Å². The van der Waals surface area contributed by atoms with Crippen LogP contribution in [0, 0.1) is 0 Å². The van der Waals surface area contributed by atoms with E-state index in [0.29, 0.717) is 5.39 Å². The normalized spacial score (nSPS) is 11.6. The summed E-state index contributed by atoms with van der Waals surface area (Å²) in [6.45, 7) is 0. The fraction of sp³-hybridized carbons (Fsp3) is 0.0909. The van der Waals surface area contributed by atoms with Crippen LogP contribution in [0.5, 0.6) is 0 Å². The van der Waals surface area contributed by atoms with Gasteiger partial charge in [0, 0.05) is 34.2 Å². The Morgan fingerprint density at radius 3 is 2.31 bits per heavy atom. The second-order valence-corrected chi connectivity index (χ2v) is 5.88. The summed E-state index contributed by atoms with van der Waals surface area (Å²) < 4.78 is 22.8. The highest BCUT2D eigenvalue weighted by molar-refractivity contribution is 8.14. The molecular weight excluding hydrogens is 246 g/mol. The third kappa shape index (κ3) is 1.86. The molecule has 16 heavy (non-hydrogen) atoms. The van der Waals surface area contributed by atoms with Crippen molar-refractivity contribution in [3.63, 3.8) is 0 Å². The van der Waals surface area contributed by atoms with Crippen molar-refractivity contribution < 1.29 is 8.42 Å². The maximum Gasteiger partial charge on any atom is 0.261 e. The van der Waals surface area contributed by atoms with Crippen LogP contribution < -0.4 is 5.32 Å². The monoisotopic (exact) mass is 255 g/mol. The first-order valence-electron chi connectivity index (χ1n) is 4.68. The lowest BCUT2D eigenvalue weighted by Gasteiger charge is -2.07. The molecule has 1 N–H and O–H groups in total. The fourth-order valence-electron chi connectivity index (χ4n) is 1.71. The van der Waals surface area contributed by atoms with Gasteiger partial charge in [-0.05, 0) is 12.1 Å². The molecule has 0 saturated carbocycles.